The quantitative estimate of drug-likeness (QED) is 0.720. The van der Waals surface area contributed by atoms with E-state index < -0.39 is 0 Å². The van der Waals surface area contributed by atoms with Gasteiger partial charge in [-0.1, -0.05) is 0 Å². The maximum atomic E-state index is 3.90. The van der Waals surface area contributed by atoms with Crippen molar-refractivity contribution in [2.24, 2.45) is 0 Å². The molecule has 1 aromatic heterocycles. The van der Waals surface area contributed by atoms with Crippen LogP contribution in [0.3, 0.4) is 0 Å². The lowest BCUT2D eigenvalue weighted by atomic mass is 11.0. The van der Waals surface area contributed by atoms with Crippen molar-refractivity contribution >= 4 is 48.0 Å². The summed E-state index contributed by atoms with van der Waals surface area (Å²) >= 11 is 9.64. The standard InChI is InChI=1S/C3HBr3N2/c4-2-1-7-3(5)8(2)6/h1H. The second-order valence-electron chi connectivity index (χ2n) is 1.13. The zero-order valence-corrected chi connectivity index (χ0v) is 8.36. The normalized spacial score (nSPS) is 9.88. The van der Waals surface area contributed by atoms with Gasteiger partial charge in [-0.2, -0.15) is 0 Å². The molecule has 0 fully saturated rings. The number of hydrogen-bond donors (Lipinski definition) is 0. The van der Waals surface area contributed by atoms with E-state index in [2.05, 4.69) is 53.0 Å². The van der Waals surface area contributed by atoms with Crippen molar-refractivity contribution in [1.82, 2.24) is 8.58 Å². The van der Waals surface area contributed by atoms with E-state index in [0.29, 0.717) is 0 Å². The van der Waals surface area contributed by atoms with Gasteiger partial charge in [-0.3, -0.25) is 0 Å². The molecule has 0 aliphatic heterocycles. The first-order chi connectivity index (χ1) is 3.72. The van der Waals surface area contributed by atoms with E-state index in [-0.39, 0.29) is 0 Å². The fraction of sp³-hybridized carbons (Fsp3) is 0. The Morgan fingerprint density at radius 1 is 1.50 bits per heavy atom. The molecule has 0 unspecified atom stereocenters. The molecule has 0 N–H and O–H groups in total. The Morgan fingerprint density at radius 3 is 2.25 bits per heavy atom. The summed E-state index contributed by atoms with van der Waals surface area (Å²) in [6.45, 7) is 0. The Kier molecular flexibility index (Phi) is 2.11. The minimum Gasteiger partial charge on any atom is -0.246 e. The summed E-state index contributed by atoms with van der Waals surface area (Å²) in [7, 11) is 0. The molecule has 1 heterocycles. The number of hydrogen-bond acceptors (Lipinski definition) is 1. The highest BCUT2D eigenvalue weighted by atomic mass is 79.9. The molecule has 44 valence electrons. The lowest BCUT2D eigenvalue weighted by molar-refractivity contribution is 1.17. The predicted molar refractivity (Wildman–Crippen MR) is 42.0 cm³/mol. The summed E-state index contributed by atoms with van der Waals surface area (Å²) in [4.78, 5) is 3.90. The van der Waals surface area contributed by atoms with Crippen molar-refractivity contribution in [2.45, 2.75) is 0 Å². The Balaban J connectivity index is 3.19. The van der Waals surface area contributed by atoms with Crippen LogP contribution in [-0.2, 0) is 0 Å². The van der Waals surface area contributed by atoms with Crippen LogP contribution in [0, 0.1) is 0 Å². The van der Waals surface area contributed by atoms with Gasteiger partial charge in [0.25, 0.3) is 0 Å². The van der Waals surface area contributed by atoms with Gasteiger partial charge in [-0.05, 0) is 31.9 Å². The van der Waals surface area contributed by atoms with Gasteiger partial charge >= 0.3 is 0 Å². The molecule has 0 spiro atoms. The van der Waals surface area contributed by atoms with Gasteiger partial charge in [0.05, 0.1) is 22.3 Å². The average molecular weight is 305 g/mol. The topological polar surface area (TPSA) is 17.8 Å². The summed E-state index contributed by atoms with van der Waals surface area (Å²) in [5, 5.41) is 0. The van der Waals surface area contributed by atoms with Gasteiger partial charge in [0, 0.05) is 0 Å². The van der Waals surface area contributed by atoms with Crippen LogP contribution in [-0.4, -0.2) is 8.58 Å². The second-order valence-corrected chi connectivity index (χ2v) is 3.36. The Hall–Kier alpha value is 0.650. The highest BCUT2D eigenvalue weighted by Crippen LogP contribution is 2.18. The van der Waals surface area contributed by atoms with Crippen LogP contribution in [0.1, 0.15) is 0 Å². The van der Waals surface area contributed by atoms with Gasteiger partial charge in [-0.15, -0.1) is 0 Å². The SMILES string of the molecule is Brc1cnc(Br)n1Br. The smallest absolute Gasteiger partial charge is 0.188 e. The maximum Gasteiger partial charge on any atom is 0.188 e. The van der Waals surface area contributed by atoms with Crippen molar-refractivity contribution in [2.75, 3.05) is 0 Å². The molecule has 0 aliphatic rings. The minimum atomic E-state index is 0.754. The molecular formula is C3HBr3N2. The largest absolute Gasteiger partial charge is 0.246 e. The molecule has 2 nitrogen and oxygen atoms in total. The molecule has 0 saturated carbocycles. The molecule has 0 atom stereocenters. The molecule has 0 aliphatic carbocycles. The first-order valence-corrected chi connectivity index (χ1v) is 4.06. The van der Waals surface area contributed by atoms with E-state index in [1.165, 1.54) is 0 Å². The van der Waals surface area contributed by atoms with Crippen molar-refractivity contribution in [3.8, 4) is 0 Å². The van der Waals surface area contributed by atoms with Gasteiger partial charge in [0.15, 0.2) is 4.73 Å². The molecule has 0 amide bonds. The van der Waals surface area contributed by atoms with Crippen molar-refractivity contribution < 1.29 is 0 Å². The Morgan fingerprint density at radius 2 is 2.12 bits per heavy atom. The monoisotopic (exact) mass is 302 g/mol. The van der Waals surface area contributed by atoms with E-state index in [0.717, 1.165) is 9.34 Å². The molecule has 5 heteroatoms. The Labute approximate surface area is 71.9 Å². The van der Waals surface area contributed by atoms with E-state index in [4.69, 9.17) is 0 Å². The van der Waals surface area contributed by atoms with Crippen LogP contribution in [0.4, 0.5) is 0 Å². The zero-order valence-electron chi connectivity index (χ0n) is 3.61. The number of rotatable bonds is 0. The number of nitrogens with zero attached hydrogens (tertiary/aromatic N) is 2. The molecular weight excluding hydrogens is 304 g/mol. The molecule has 1 aromatic rings. The van der Waals surface area contributed by atoms with Gasteiger partial charge in [0.2, 0.25) is 0 Å². The van der Waals surface area contributed by atoms with E-state index in [1.54, 1.807) is 9.79 Å². The number of aromatic nitrogens is 2. The van der Waals surface area contributed by atoms with Crippen LogP contribution in [0.15, 0.2) is 15.5 Å². The third-order valence-corrected chi connectivity index (χ3v) is 3.42. The summed E-state index contributed by atoms with van der Waals surface area (Å²) in [5.41, 5.74) is 0. The third kappa shape index (κ3) is 1.14. The second kappa shape index (κ2) is 2.49. The van der Waals surface area contributed by atoms with E-state index in [1.807, 2.05) is 0 Å². The summed E-state index contributed by atoms with van der Waals surface area (Å²) < 4.78 is 3.35. The van der Waals surface area contributed by atoms with Crippen LogP contribution in [0.2, 0.25) is 0 Å². The molecule has 1 rings (SSSR count). The van der Waals surface area contributed by atoms with Gasteiger partial charge in [0.1, 0.15) is 4.60 Å². The lowest BCUT2D eigenvalue weighted by Gasteiger charge is -1.86. The molecule has 0 bridgehead atoms. The van der Waals surface area contributed by atoms with E-state index >= 15 is 0 Å². The van der Waals surface area contributed by atoms with Crippen LogP contribution in [0.25, 0.3) is 0 Å². The van der Waals surface area contributed by atoms with E-state index in [9.17, 15) is 0 Å². The zero-order chi connectivity index (χ0) is 6.15. The highest BCUT2D eigenvalue weighted by Gasteiger charge is 1.98. The first-order valence-electron chi connectivity index (χ1n) is 1.76. The lowest BCUT2D eigenvalue weighted by Crippen LogP contribution is -1.75. The fourth-order valence-electron chi connectivity index (χ4n) is 0.296. The Bertz CT molecular complexity index is 175. The van der Waals surface area contributed by atoms with Crippen LogP contribution >= 0.6 is 48.0 Å². The summed E-state index contributed by atoms with van der Waals surface area (Å²) in [6, 6.07) is 0. The molecule has 8 heavy (non-hydrogen) atoms. The fourth-order valence-corrected chi connectivity index (χ4v) is 1.28. The van der Waals surface area contributed by atoms with Gasteiger partial charge < -0.3 is 0 Å². The van der Waals surface area contributed by atoms with Crippen LogP contribution < -0.4 is 0 Å². The first kappa shape index (κ1) is 6.77. The maximum absolute atomic E-state index is 3.90. The van der Waals surface area contributed by atoms with Crippen molar-refractivity contribution in [3.05, 3.63) is 15.5 Å². The molecule has 0 saturated heterocycles. The summed E-state index contributed by atoms with van der Waals surface area (Å²) in [5.74, 6) is 0. The highest BCUT2D eigenvalue weighted by molar-refractivity contribution is 9.13. The molecule has 0 aromatic carbocycles. The van der Waals surface area contributed by atoms with Crippen molar-refractivity contribution in [3.63, 3.8) is 0 Å². The third-order valence-electron chi connectivity index (χ3n) is 0.627. The number of halogens is 3. The molecule has 0 radical (unpaired) electrons. The minimum absolute atomic E-state index is 0.754. The van der Waals surface area contributed by atoms with Gasteiger partial charge in [-0.25, -0.2) is 8.58 Å². The van der Waals surface area contributed by atoms with Crippen LogP contribution in [0.5, 0.6) is 0 Å². The summed E-state index contributed by atoms with van der Waals surface area (Å²) in [6.07, 6.45) is 1.69. The predicted octanol–water partition coefficient (Wildman–Crippen LogP) is 2.57. The number of imidazole rings is 1. The van der Waals surface area contributed by atoms with Crippen molar-refractivity contribution in [1.29, 1.82) is 0 Å². The average Bonchev–Trinajstić information content (AvgIpc) is 1.98.